The Labute approximate surface area is 76.2 Å². The third kappa shape index (κ3) is 3.88. The zero-order chi connectivity index (χ0) is 9.40. The van der Waals surface area contributed by atoms with E-state index >= 15 is 0 Å². The quantitative estimate of drug-likeness (QED) is 0.569. The van der Waals surface area contributed by atoms with Crippen LogP contribution in [0.5, 0.6) is 0 Å². The van der Waals surface area contributed by atoms with Crippen molar-refractivity contribution in [3.05, 3.63) is 12.7 Å². The maximum absolute atomic E-state index is 5.67. The van der Waals surface area contributed by atoms with Crippen LogP contribution in [0.2, 0.25) is 0 Å². The van der Waals surface area contributed by atoms with Crippen molar-refractivity contribution >= 4 is 0 Å². The van der Waals surface area contributed by atoms with Gasteiger partial charge in [-0.2, -0.15) is 0 Å². The van der Waals surface area contributed by atoms with Crippen LogP contribution < -0.4 is 11.1 Å². The van der Waals surface area contributed by atoms with Crippen molar-refractivity contribution in [2.75, 3.05) is 13.1 Å². The summed E-state index contributed by atoms with van der Waals surface area (Å²) in [6.45, 7) is 9.69. The van der Waals surface area contributed by atoms with Crippen molar-refractivity contribution in [2.24, 2.45) is 11.7 Å². The van der Waals surface area contributed by atoms with Gasteiger partial charge in [-0.05, 0) is 5.92 Å². The van der Waals surface area contributed by atoms with Crippen LogP contribution in [-0.4, -0.2) is 19.1 Å². The molecule has 0 heterocycles. The molecule has 0 fully saturated rings. The van der Waals surface area contributed by atoms with Gasteiger partial charge >= 0.3 is 0 Å². The molecule has 0 aromatic carbocycles. The molecule has 0 saturated heterocycles. The van der Waals surface area contributed by atoms with Crippen LogP contribution in [0.25, 0.3) is 0 Å². The summed E-state index contributed by atoms with van der Waals surface area (Å²) in [5.41, 5.74) is 5.67. The first-order valence-corrected chi connectivity index (χ1v) is 4.84. The fraction of sp³-hybridized carbons (Fsp3) is 0.800. The lowest BCUT2D eigenvalue weighted by molar-refractivity contribution is 0.349. The number of nitrogens with one attached hydrogen (secondary N) is 1. The number of nitrogens with two attached hydrogens (primary N) is 1. The molecule has 12 heavy (non-hydrogen) atoms. The Morgan fingerprint density at radius 2 is 2.00 bits per heavy atom. The van der Waals surface area contributed by atoms with Gasteiger partial charge in [0.1, 0.15) is 0 Å². The molecular weight excluding hydrogens is 148 g/mol. The van der Waals surface area contributed by atoms with Crippen molar-refractivity contribution in [3.8, 4) is 0 Å². The van der Waals surface area contributed by atoms with E-state index in [0.29, 0.717) is 12.0 Å². The van der Waals surface area contributed by atoms with Crippen LogP contribution in [0.1, 0.15) is 26.7 Å². The summed E-state index contributed by atoms with van der Waals surface area (Å²) >= 11 is 0. The third-order valence-electron chi connectivity index (χ3n) is 2.40. The molecule has 0 rings (SSSR count). The largest absolute Gasteiger partial charge is 0.329 e. The van der Waals surface area contributed by atoms with E-state index in [9.17, 15) is 0 Å². The van der Waals surface area contributed by atoms with E-state index in [1.807, 2.05) is 6.08 Å². The smallest absolute Gasteiger partial charge is 0.0221 e. The second kappa shape index (κ2) is 7.32. The first-order chi connectivity index (χ1) is 5.79. The van der Waals surface area contributed by atoms with Crippen LogP contribution in [-0.2, 0) is 0 Å². The standard InChI is InChI=1S/C10H22N2/c1-4-7-12-10(8-11)9(5-2)6-3/h4,9-10,12H,1,5-8,11H2,2-3H3. The van der Waals surface area contributed by atoms with Gasteiger partial charge in [-0.3, -0.25) is 0 Å². The molecule has 0 aromatic rings. The van der Waals surface area contributed by atoms with Gasteiger partial charge in [0.05, 0.1) is 0 Å². The average Bonchev–Trinajstić information content (AvgIpc) is 2.12. The highest BCUT2D eigenvalue weighted by Gasteiger charge is 2.14. The van der Waals surface area contributed by atoms with Crippen LogP contribution in [0.3, 0.4) is 0 Å². The van der Waals surface area contributed by atoms with E-state index in [4.69, 9.17) is 5.73 Å². The minimum absolute atomic E-state index is 0.456. The van der Waals surface area contributed by atoms with Gasteiger partial charge in [0.25, 0.3) is 0 Å². The predicted octanol–water partition coefficient (Wildman–Crippen LogP) is 1.53. The summed E-state index contributed by atoms with van der Waals surface area (Å²) in [6, 6.07) is 0.456. The van der Waals surface area contributed by atoms with Crippen molar-refractivity contribution < 1.29 is 0 Å². The van der Waals surface area contributed by atoms with Gasteiger partial charge in [0.15, 0.2) is 0 Å². The van der Waals surface area contributed by atoms with Crippen LogP contribution in [0.15, 0.2) is 12.7 Å². The highest BCUT2D eigenvalue weighted by molar-refractivity contribution is 4.80. The minimum atomic E-state index is 0.456. The first-order valence-electron chi connectivity index (χ1n) is 4.84. The lowest BCUT2D eigenvalue weighted by atomic mass is 9.94. The van der Waals surface area contributed by atoms with Crippen molar-refractivity contribution in [3.63, 3.8) is 0 Å². The third-order valence-corrected chi connectivity index (χ3v) is 2.40. The number of hydrogen-bond acceptors (Lipinski definition) is 2. The van der Waals surface area contributed by atoms with E-state index in [1.54, 1.807) is 0 Å². The highest BCUT2D eigenvalue weighted by Crippen LogP contribution is 2.11. The second-order valence-electron chi connectivity index (χ2n) is 3.12. The van der Waals surface area contributed by atoms with E-state index in [-0.39, 0.29) is 0 Å². The van der Waals surface area contributed by atoms with Crippen LogP contribution >= 0.6 is 0 Å². The number of hydrogen-bond donors (Lipinski definition) is 2. The fourth-order valence-electron chi connectivity index (χ4n) is 1.53. The van der Waals surface area contributed by atoms with Gasteiger partial charge in [-0.1, -0.05) is 32.8 Å². The van der Waals surface area contributed by atoms with Crippen molar-refractivity contribution in [1.82, 2.24) is 5.32 Å². The summed E-state index contributed by atoms with van der Waals surface area (Å²) in [5.74, 6) is 0.704. The molecule has 0 aliphatic carbocycles. The SMILES string of the molecule is C=CCNC(CN)C(CC)CC. The molecule has 0 spiro atoms. The van der Waals surface area contributed by atoms with Gasteiger partial charge in [-0.25, -0.2) is 0 Å². The molecule has 1 unspecified atom stereocenters. The Morgan fingerprint density at radius 1 is 1.42 bits per heavy atom. The fourth-order valence-corrected chi connectivity index (χ4v) is 1.53. The van der Waals surface area contributed by atoms with E-state index in [0.717, 1.165) is 13.1 Å². The zero-order valence-electron chi connectivity index (χ0n) is 8.34. The summed E-state index contributed by atoms with van der Waals surface area (Å²) in [5, 5.41) is 3.38. The Hall–Kier alpha value is -0.340. The average molecular weight is 170 g/mol. The maximum Gasteiger partial charge on any atom is 0.0221 e. The molecule has 3 N–H and O–H groups in total. The lowest BCUT2D eigenvalue weighted by Crippen LogP contribution is -2.41. The molecular formula is C10H22N2. The molecule has 0 saturated carbocycles. The van der Waals surface area contributed by atoms with Crippen molar-refractivity contribution in [2.45, 2.75) is 32.7 Å². The van der Waals surface area contributed by atoms with Crippen LogP contribution in [0, 0.1) is 5.92 Å². The first kappa shape index (κ1) is 11.7. The Bertz CT molecular complexity index is 108. The number of rotatable bonds is 7. The molecule has 0 bridgehead atoms. The van der Waals surface area contributed by atoms with E-state index in [1.165, 1.54) is 12.8 Å². The molecule has 2 heteroatoms. The monoisotopic (exact) mass is 170 g/mol. The molecule has 1 atom stereocenters. The minimum Gasteiger partial charge on any atom is -0.329 e. The summed E-state index contributed by atoms with van der Waals surface area (Å²) < 4.78 is 0. The normalized spacial score (nSPS) is 13.3. The van der Waals surface area contributed by atoms with E-state index < -0.39 is 0 Å². The van der Waals surface area contributed by atoms with Gasteiger partial charge < -0.3 is 11.1 Å². The molecule has 0 radical (unpaired) electrons. The topological polar surface area (TPSA) is 38.0 Å². The van der Waals surface area contributed by atoms with Gasteiger partial charge in [0, 0.05) is 19.1 Å². The second-order valence-corrected chi connectivity index (χ2v) is 3.12. The molecule has 72 valence electrons. The highest BCUT2D eigenvalue weighted by atomic mass is 14.9. The Balaban J connectivity index is 3.83. The molecule has 0 aromatic heterocycles. The molecule has 0 aliphatic rings. The van der Waals surface area contributed by atoms with Gasteiger partial charge in [-0.15, -0.1) is 6.58 Å². The lowest BCUT2D eigenvalue weighted by Gasteiger charge is -2.24. The van der Waals surface area contributed by atoms with Crippen molar-refractivity contribution in [1.29, 1.82) is 0 Å². The summed E-state index contributed by atoms with van der Waals surface area (Å²) in [6.07, 6.45) is 4.27. The molecule has 0 amide bonds. The summed E-state index contributed by atoms with van der Waals surface area (Å²) in [4.78, 5) is 0. The Morgan fingerprint density at radius 3 is 2.33 bits per heavy atom. The predicted molar refractivity (Wildman–Crippen MR) is 55.1 cm³/mol. The maximum atomic E-state index is 5.67. The summed E-state index contributed by atoms with van der Waals surface area (Å²) in [7, 11) is 0. The van der Waals surface area contributed by atoms with Crippen LogP contribution in [0.4, 0.5) is 0 Å². The Kier molecular flexibility index (Phi) is 7.11. The molecule has 0 aliphatic heterocycles. The van der Waals surface area contributed by atoms with Gasteiger partial charge in [0.2, 0.25) is 0 Å². The molecule has 2 nitrogen and oxygen atoms in total. The van der Waals surface area contributed by atoms with E-state index in [2.05, 4.69) is 25.7 Å². The zero-order valence-corrected chi connectivity index (χ0v) is 8.34.